The van der Waals surface area contributed by atoms with Crippen LogP contribution in [0, 0.1) is 18.3 Å². The topological polar surface area (TPSA) is 89.0 Å². The van der Waals surface area contributed by atoms with Gasteiger partial charge in [0.05, 0.1) is 25.0 Å². The van der Waals surface area contributed by atoms with E-state index in [1.165, 1.54) is 4.57 Å². The average molecular weight is 429 g/mol. The maximum absolute atomic E-state index is 13.0. The Hall–Kier alpha value is -2.70. The first-order valence-corrected chi connectivity index (χ1v) is 9.34. The van der Waals surface area contributed by atoms with Crippen LogP contribution in [0.25, 0.3) is 16.7 Å². The number of morpholine rings is 1. The number of halogens is 1. The quantitative estimate of drug-likeness (QED) is 0.633. The van der Waals surface area contributed by atoms with E-state index in [2.05, 4.69) is 32.1 Å². The fourth-order valence-electron chi connectivity index (χ4n) is 3.21. The van der Waals surface area contributed by atoms with Crippen molar-refractivity contribution in [2.75, 3.05) is 31.2 Å². The smallest absolute Gasteiger partial charge is 0.267 e. The van der Waals surface area contributed by atoms with Gasteiger partial charge in [0.25, 0.3) is 5.56 Å². The molecule has 1 aliphatic rings. The second-order valence-electron chi connectivity index (χ2n) is 6.30. The van der Waals surface area contributed by atoms with Gasteiger partial charge in [-0.3, -0.25) is 9.36 Å². The maximum Gasteiger partial charge on any atom is 0.267 e. The minimum Gasteiger partial charge on any atom is -0.378 e. The molecule has 9 heteroatoms. The first-order valence-electron chi connectivity index (χ1n) is 8.55. The Balaban J connectivity index is 1.89. The van der Waals surface area contributed by atoms with Gasteiger partial charge in [0.15, 0.2) is 5.65 Å². The lowest BCUT2D eigenvalue weighted by Gasteiger charge is -2.28. The summed E-state index contributed by atoms with van der Waals surface area (Å²) in [6, 6.07) is 7.90. The summed E-state index contributed by atoms with van der Waals surface area (Å²) in [6.07, 6.45) is 1.68. The van der Waals surface area contributed by atoms with E-state index >= 15 is 0 Å². The van der Waals surface area contributed by atoms with Crippen molar-refractivity contribution < 1.29 is 4.74 Å². The minimum absolute atomic E-state index is 0.0586. The van der Waals surface area contributed by atoms with Crippen LogP contribution in [-0.2, 0) is 11.3 Å². The number of hydrogen-bond donors (Lipinski definition) is 0. The van der Waals surface area contributed by atoms with Crippen LogP contribution in [0.15, 0.2) is 33.7 Å². The molecule has 3 heterocycles. The molecule has 0 bridgehead atoms. The SMILES string of the molecule is Cc1cc(Br)ccc1-n1cc2c(=O)n(CC#N)c(N3CCOCC3)nc2n1. The molecule has 3 aromatic rings. The summed E-state index contributed by atoms with van der Waals surface area (Å²) < 4.78 is 9.43. The molecule has 27 heavy (non-hydrogen) atoms. The lowest BCUT2D eigenvalue weighted by atomic mass is 10.2. The molecule has 0 N–H and O–H groups in total. The average Bonchev–Trinajstić information content (AvgIpc) is 3.09. The van der Waals surface area contributed by atoms with Crippen LogP contribution >= 0.6 is 15.9 Å². The summed E-state index contributed by atoms with van der Waals surface area (Å²) >= 11 is 3.45. The number of aryl methyl sites for hydroxylation is 1. The van der Waals surface area contributed by atoms with Gasteiger partial charge in [0.2, 0.25) is 5.95 Å². The second kappa shape index (κ2) is 7.13. The molecule has 0 unspecified atom stereocenters. The zero-order chi connectivity index (χ0) is 19.0. The predicted octanol–water partition coefficient (Wildman–Crippen LogP) is 2.01. The fraction of sp³-hybridized carbons (Fsp3) is 0.333. The monoisotopic (exact) mass is 428 g/mol. The highest BCUT2D eigenvalue weighted by molar-refractivity contribution is 9.10. The molecule has 0 saturated carbocycles. The second-order valence-corrected chi connectivity index (χ2v) is 7.22. The predicted molar refractivity (Wildman–Crippen MR) is 104 cm³/mol. The highest BCUT2D eigenvalue weighted by Crippen LogP contribution is 2.21. The van der Waals surface area contributed by atoms with Gasteiger partial charge < -0.3 is 9.64 Å². The molecule has 2 aromatic heterocycles. The van der Waals surface area contributed by atoms with Crippen molar-refractivity contribution in [2.45, 2.75) is 13.5 Å². The van der Waals surface area contributed by atoms with E-state index in [4.69, 9.17) is 4.74 Å². The molecule has 1 aliphatic heterocycles. The molecule has 0 atom stereocenters. The number of aromatic nitrogens is 4. The van der Waals surface area contributed by atoms with Gasteiger partial charge in [0.1, 0.15) is 11.9 Å². The van der Waals surface area contributed by atoms with Crippen molar-refractivity contribution in [1.82, 2.24) is 19.3 Å². The number of benzene rings is 1. The molecule has 0 amide bonds. The lowest BCUT2D eigenvalue weighted by molar-refractivity contribution is 0.121. The number of rotatable bonds is 3. The summed E-state index contributed by atoms with van der Waals surface area (Å²) in [5, 5.41) is 14.1. The molecule has 0 radical (unpaired) electrons. The molecule has 1 aromatic carbocycles. The minimum atomic E-state index is -0.260. The van der Waals surface area contributed by atoms with Crippen LogP contribution in [0.4, 0.5) is 5.95 Å². The molecule has 0 aliphatic carbocycles. The molecule has 0 spiro atoms. The van der Waals surface area contributed by atoms with Crippen molar-refractivity contribution in [3.63, 3.8) is 0 Å². The van der Waals surface area contributed by atoms with Crippen molar-refractivity contribution in [2.24, 2.45) is 0 Å². The third kappa shape index (κ3) is 3.22. The van der Waals surface area contributed by atoms with Crippen molar-refractivity contribution >= 4 is 32.9 Å². The van der Waals surface area contributed by atoms with Gasteiger partial charge >= 0.3 is 0 Å². The summed E-state index contributed by atoms with van der Waals surface area (Å²) in [5.41, 5.74) is 2.00. The Morgan fingerprint density at radius 3 is 2.81 bits per heavy atom. The molecular weight excluding hydrogens is 412 g/mol. The number of fused-ring (bicyclic) bond motifs is 1. The standard InChI is InChI=1S/C18H17BrN6O2/c1-12-10-13(19)2-3-15(12)25-11-14-16(22-25)21-18(23-6-8-27-9-7-23)24(5-4-20)17(14)26/h2-3,10-11H,5-9H2,1H3. The Bertz CT molecular complexity index is 1110. The molecular formula is C18H17BrN6O2. The van der Waals surface area contributed by atoms with E-state index in [1.807, 2.05) is 30.0 Å². The van der Waals surface area contributed by atoms with Gasteiger partial charge in [-0.15, -0.1) is 5.10 Å². The fourth-order valence-corrected chi connectivity index (χ4v) is 3.68. The van der Waals surface area contributed by atoms with E-state index in [9.17, 15) is 10.1 Å². The summed E-state index contributed by atoms with van der Waals surface area (Å²) in [4.78, 5) is 19.6. The third-order valence-corrected chi connectivity index (χ3v) is 5.04. The Kier molecular flexibility index (Phi) is 4.68. The van der Waals surface area contributed by atoms with Crippen LogP contribution in [0.3, 0.4) is 0 Å². The van der Waals surface area contributed by atoms with Crippen molar-refractivity contribution in [1.29, 1.82) is 5.26 Å². The normalized spacial score (nSPS) is 14.5. The zero-order valence-electron chi connectivity index (χ0n) is 14.7. The number of hydrogen-bond acceptors (Lipinski definition) is 6. The largest absolute Gasteiger partial charge is 0.378 e. The summed E-state index contributed by atoms with van der Waals surface area (Å²) in [5.74, 6) is 0.468. The van der Waals surface area contributed by atoms with E-state index in [1.54, 1.807) is 10.9 Å². The van der Waals surface area contributed by atoms with Gasteiger partial charge in [-0.25, -0.2) is 4.68 Å². The first kappa shape index (κ1) is 17.7. The number of ether oxygens (including phenoxy) is 1. The van der Waals surface area contributed by atoms with Crippen molar-refractivity contribution in [3.8, 4) is 11.8 Å². The Morgan fingerprint density at radius 2 is 2.11 bits per heavy atom. The highest BCUT2D eigenvalue weighted by atomic mass is 79.9. The summed E-state index contributed by atoms with van der Waals surface area (Å²) in [6.45, 7) is 4.29. The van der Waals surface area contributed by atoms with Crippen LogP contribution in [0.2, 0.25) is 0 Å². The first-order chi connectivity index (χ1) is 13.1. The maximum atomic E-state index is 13.0. The molecule has 8 nitrogen and oxygen atoms in total. The van der Waals surface area contributed by atoms with Gasteiger partial charge in [-0.2, -0.15) is 10.2 Å². The molecule has 138 valence electrons. The summed E-state index contributed by atoms with van der Waals surface area (Å²) in [7, 11) is 0. The third-order valence-electron chi connectivity index (χ3n) is 4.55. The van der Waals surface area contributed by atoms with E-state index < -0.39 is 0 Å². The Morgan fingerprint density at radius 1 is 1.33 bits per heavy atom. The van der Waals surface area contributed by atoms with Gasteiger partial charge in [-0.1, -0.05) is 15.9 Å². The zero-order valence-corrected chi connectivity index (χ0v) is 16.3. The van der Waals surface area contributed by atoms with Gasteiger partial charge in [-0.05, 0) is 30.7 Å². The van der Waals surface area contributed by atoms with Crippen LogP contribution in [-0.4, -0.2) is 45.6 Å². The van der Waals surface area contributed by atoms with E-state index in [0.29, 0.717) is 43.3 Å². The van der Waals surface area contributed by atoms with Crippen molar-refractivity contribution in [3.05, 3.63) is 44.8 Å². The highest BCUT2D eigenvalue weighted by Gasteiger charge is 2.21. The number of nitrogens with zero attached hydrogens (tertiary/aromatic N) is 6. The molecule has 1 saturated heterocycles. The lowest BCUT2D eigenvalue weighted by Crippen LogP contribution is -2.40. The number of nitriles is 1. The van der Waals surface area contributed by atoms with Crippen LogP contribution in [0.1, 0.15) is 5.56 Å². The molecule has 1 fully saturated rings. The van der Waals surface area contributed by atoms with E-state index in [-0.39, 0.29) is 12.1 Å². The van der Waals surface area contributed by atoms with Crippen LogP contribution < -0.4 is 10.5 Å². The number of anilines is 1. The van der Waals surface area contributed by atoms with Crippen LogP contribution in [0.5, 0.6) is 0 Å². The molecule has 4 rings (SSSR count). The van der Waals surface area contributed by atoms with Gasteiger partial charge in [0, 0.05) is 23.8 Å². The van der Waals surface area contributed by atoms with E-state index in [0.717, 1.165) is 15.7 Å². The Labute approximate surface area is 163 Å².